The molecule has 0 unspecified atom stereocenters. The van der Waals surface area contributed by atoms with Gasteiger partial charge in [0.05, 0.1) is 11.9 Å². The van der Waals surface area contributed by atoms with Crippen LogP contribution in [0.1, 0.15) is 5.82 Å². The Kier molecular flexibility index (Phi) is 4.04. The third-order valence-corrected chi connectivity index (χ3v) is 4.64. The number of benzene rings is 1. The van der Waals surface area contributed by atoms with Gasteiger partial charge in [-0.05, 0) is 12.5 Å². The Morgan fingerprint density at radius 2 is 2.04 bits per heavy atom. The molecule has 0 aliphatic carbocycles. The Morgan fingerprint density at radius 1 is 1.17 bits per heavy atom. The number of aryl methyl sites for hydroxylation is 1. The fourth-order valence-corrected chi connectivity index (χ4v) is 3.67. The van der Waals surface area contributed by atoms with Gasteiger partial charge in [0.25, 0.3) is 0 Å². The average Bonchev–Trinajstić information content (AvgIpc) is 3.05. The molecule has 1 aliphatic rings. The maximum atomic E-state index is 5.57. The predicted octanol–water partition coefficient (Wildman–Crippen LogP) is 3.97. The van der Waals surface area contributed by atoms with Crippen molar-refractivity contribution in [3.63, 3.8) is 0 Å². The number of ether oxygens (including phenoxy) is 2. The smallest absolute Gasteiger partial charge is 0.150 e. The van der Waals surface area contributed by atoms with E-state index in [1.807, 2.05) is 25.1 Å². The molecule has 1 aliphatic heterocycles. The number of thiophene rings is 1. The molecule has 0 fully saturated rings. The largest absolute Gasteiger partial charge is 0.494 e. The van der Waals surface area contributed by atoms with Crippen LogP contribution in [0.5, 0.6) is 0 Å². The third-order valence-electron chi connectivity index (χ3n) is 3.76. The summed E-state index contributed by atoms with van der Waals surface area (Å²) in [7, 11) is 0. The highest BCUT2D eigenvalue weighted by Gasteiger charge is 2.15. The summed E-state index contributed by atoms with van der Waals surface area (Å²) < 4.78 is 10.9. The van der Waals surface area contributed by atoms with E-state index in [1.54, 1.807) is 17.6 Å². The van der Waals surface area contributed by atoms with Crippen LogP contribution in [-0.4, -0.2) is 29.7 Å². The normalized spacial score (nSPS) is 14.0. The van der Waals surface area contributed by atoms with Gasteiger partial charge in [0.2, 0.25) is 0 Å². The maximum Gasteiger partial charge on any atom is 0.150 e. The van der Waals surface area contributed by atoms with Gasteiger partial charge in [-0.1, -0.05) is 30.3 Å². The minimum absolute atomic E-state index is 0.537. The summed E-state index contributed by atoms with van der Waals surface area (Å²) in [6.07, 6.45) is 1.66. The van der Waals surface area contributed by atoms with Crippen molar-refractivity contribution in [3.05, 3.63) is 53.6 Å². The van der Waals surface area contributed by atoms with E-state index in [-0.39, 0.29) is 0 Å². The first-order valence-corrected chi connectivity index (χ1v) is 8.68. The Hall–Kier alpha value is -2.60. The highest BCUT2D eigenvalue weighted by Crippen LogP contribution is 2.36. The monoisotopic (exact) mass is 339 g/mol. The third kappa shape index (κ3) is 2.92. The van der Waals surface area contributed by atoms with Crippen LogP contribution in [0.4, 0.5) is 5.82 Å². The molecule has 0 saturated heterocycles. The second-order valence-electron chi connectivity index (χ2n) is 5.47. The van der Waals surface area contributed by atoms with Crippen molar-refractivity contribution < 1.29 is 9.47 Å². The molecule has 6 heteroatoms. The van der Waals surface area contributed by atoms with Gasteiger partial charge in [0.1, 0.15) is 41.7 Å². The van der Waals surface area contributed by atoms with Crippen molar-refractivity contribution in [1.82, 2.24) is 9.97 Å². The van der Waals surface area contributed by atoms with Crippen molar-refractivity contribution in [2.24, 2.45) is 0 Å². The van der Waals surface area contributed by atoms with E-state index in [4.69, 9.17) is 9.47 Å². The topological polar surface area (TPSA) is 56.3 Å². The quantitative estimate of drug-likeness (QED) is 0.779. The van der Waals surface area contributed by atoms with Crippen molar-refractivity contribution in [1.29, 1.82) is 0 Å². The van der Waals surface area contributed by atoms with Crippen LogP contribution in [0.15, 0.2) is 47.7 Å². The zero-order valence-corrected chi connectivity index (χ0v) is 14.1. The van der Waals surface area contributed by atoms with E-state index in [0.717, 1.165) is 38.7 Å². The zero-order chi connectivity index (χ0) is 16.4. The first kappa shape index (κ1) is 15.0. The molecule has 1 N–H and O–H groups in total. The number of anilines is 1. The fraction of sp³-hybridized carbons (Fsp3) is 0.222. The lowest BCUT2D eigenvalue weighted by atomic mass is 10.1. The summed E-state index contributed by atoms with van der Waals surface area (Å²) in [6.45, 7) is 3.63. The molecule has 1 aromatic carbocycles. The molecule has 5 nitrogen and oxygen atoms in total. The molecule has 122 valence electrons. The second-order valence-corrected chi connectivity index (χ2v) is 6.33. The number of fused-ring (bicyclic) bond motifs is 1. The molecular formula is C18H17N3O2S. The van der Waals surface area contributed by atoms with Crippen LogP contribution in [-0.2, 0) is 9.47 Å². The molecule has 3 heterocycles. The summed E-state index contributed by atoms with van der Waals surface area (Å²) in [5, 5.41) is 6.56. The zero-order valence-electron chi connectivity index (χ0n) is 13.3. The Labute approximate surface area is 144 Å². The van der Waals surface area contributed by atoms with Crippen LogP contribution >= 0.6 is 11.3 Å². The molecule has 4 rings (SSSR count). The molecule has 0 atom stereocenters. The maximum absolute atomic E-state index is 5.57. The summed E-state index contributed by atoms with van der Waals surface area (Å²) >= 11 is 1.64. The van der Waals surface area contributed by atoms with Gasteiger partial charge < -0.3 is 14.8 Å². The van der Waals surface area contributed by atoms with Gasteiger partial charge >= 0.3 is 0 Å². The molecule has 0 radical (unpaired) electrons. The summed E-state index contributed by atoms with van der Waals surface area (Å²) in [6, 6.07) is 10.3. The second kappa shape index (κ2) is 6.49. The van der Waals surface area contributed by atoms with E-state index in [0.29, 0.717) is 19.8 Å². The summed E-state index contributed by atoms with van der Waals surface area (Å²) in [5.74, 6) is 2.36. The minimum atomic E-state index is 0.537. The first-order valence-electron chi connectivity index (χ1n) is 7.80. The van der Waals surface area contributed by atoms with Crippen molar-refractivity contribution >= 4 is 27.4 Å². The summed E-state index contributed by atoms with van der Waals surface area (Å²) in [4.78, 5) is 10.2. The number of nitrogens with one attached hydrogen (secondary N) is 1. The van der Waals surface area contributed by atoms with E-state index >= 15 is 0 Å². The Morgan fingerprint density at radius 3 is 2.83 bits per heavy atom. The molecule has 0 saturated carbocycles. The van der Waals surface area contributed by atoms with Crippen LogP contribution in [0, 0.1) is 6.92 Å². The van der Waals surface area contributed by atoms with Crippen LogP contribution in [0.3, 0.4) is 0 Å². The molecule has 3 aromatic rings. The Bertz CT molecular complexity index is 890. The molecule has 0 bridgehead atoms. The van der Waals surface area contributed by atoms with E-state index in [1.165, 1.54) is 0 Å². The average molecular weight is 339 g/mol. The standard InChI is InChI=1S/C18H17N3O2S/c1-12-20-17(19-9-14-10-22-7-8-23-14)16-15(11-24-18(16)21-12)13-5-3-2-4-6-13/h2-6,10-11H,7-9H2,1H3,(H,19,20,21). The molecular weight excluding hydrogens is 322 g/mol. The fourth-order valence-electron chi connectivity index (χ4n) is 2.68. The van der Waals surface area contributed by atoms with Gasteiger partial charge in [-0.15, -0.1) is 11.3 Å². The number of aromatic nitrogens is 2. The lowest BCUT2D eigenvalue weighted by Gasteiger charge is -2.16. The lowest BCUT2D eigenvalue weighted by molar-refractivity contribution is 0.0843. The van der Waals surface area contributed by atoms with Crippen LogP contribution in [0.2, 0.25) is 0 Å². The summed E-state index contributed by atoms with van der Waals surface area (Å²) in [5.41, 5.74) is 2.31. The van der Waals surface area contributed by atoms with Crippen LogP contribution in [0.25, 0.3) is 21.3 Å². The van der Waals surface area contributed by atoms with Crippen molar-refractivity contribution in [3.8, 4) is 11.1 Å². The molecule has 24 heavy (non-hydrogen) atoms. The highest BCUT2D eigenvalue weighted by atomic mass is 32.1. The van der Waals surface area contributed by atoms with Gasteiger partial charge in [-0.3, -0.25) is 0 Å². The van der Waals surface area contributed by atoms with E-state index in [2.05, 4.69) is 32.8 Å². The van der Waals surface area contributed by atoms with Gasteiger partial charge in [-0.2, -0.15) is 0 Å². The van der Waals surface area contributed by atoms with Crippen LogP contribution < -0.4 is 5.32 Å². The van der Waals surface area contributed by atoms with E-state index < -0.39 is 0 Å². The number of hydrogen-bond donors (Lipinski definition) is 1. The van der Waals surface area contributed by atoms with Crippen molar-refractivity contribution in [2.75, 3.05) is 25.1 Å². The van der Waals surface area contributed by atoms with Gasteiger partial charge in [-0.25, -0.2) is 9.97 Å². The number of hydrogen-bond acceptors (Lipinski definition) is 6. The molecule has 0 amide bonds. The highest BCUT2D eigenvalue weighted by molar-refractivity contribution is 7.17. The van der Waals surface area contributed by atoms with Gasteiger partial charge in [0.15, 0.2) is 0 Å². The predicted molar refractivity (Wildman–Crippen MR) is 96.1 cm³/mol. The SMILES string of the molecule is Cc1nc(NCC2=COCCO2)c2c(-c3ccccc3)csc2n1. The Balaban J connectivity index is 1.73. The number of rotatable bonds is 4. The van der Waals surface area contributed by atoms with Gasteiger partial charge in [0, 0.05) is 10.9 Å². The molecule has 2 aromatic heterocycles. The minimum Gasteiger partial charge on any atom is -0.494 e. The number of nitrogens with zero attached hydrogens (tertiary/aromatic N) is 2. The lowest BCUT2D eigenvalue weighted by Crippen LogP contribution is -2.15. The first-order chi connectivity index (χ1) is 11.8. The molecule has 0 spiro atoms. The van der Waals surface area contributed by atoms with Crippen molar-refractivity contribution in [2.45, 2.75) is 6.92 Å². The van der Waals surface area contributed by atoms with E-state index in [9.17, 15) is 0 Å².